The second-order valence-electron chi connectivity index (χ2n) is 8.63. The monoisotopic (exact) mass is 422 g/mol. The number of fused-ring (bicyclic) bond motifs is 5. The second-order valence-corrected chi connectivity index (χ2v) is 8.63. The summed E-state index contributed by atoms with van der Waals surface area (Å²) in [6, 6.07) is 5.51. The van der Waals surface area contributed by atoms with Crippen LogP contribution in [-0.2, 0) is 10.2 Å². The van der Waals surface area contributed by atoms with Gasteiger partial charge in [-0.2, -0.15) is 5.10 Å². The minimum absolute atomic E-state index is 0.129. The number of benzene rings is 1. The Balaban J connectivity index is 1.66. The van der Waals surface area contributed by atoms with Gasteiger partial charge in [0.1, 0.15) is 11.6 Å². The van der Waals surface area contributed by atoms with Crippen LogP contribution < -0.4 is 0 Å². The van der Waals surface area contributed by atoms with Crippen LogP contribution in [0.3, 0.4) is 0 Å². The maximum Gasteiger partial charge on any atom is 0.358 e. The summed E-state index contributed by atoms with van der Waals surface area (Å²) < 4.78 is 33.4. The molecule has 2 atom stereocenters. The molecule has 6 nitrogen and oxygen atoms in total. The second kappa shape index (κ2) is 6.60. The molecule has 3 aromatic rings. The Morgan fingerprint density at radius 1 is 1.13 bits per heavy atom. The molecule has 0 unspecified atom stereocenters. The number of hydrogen-bond acceptors (Lipinski definition) is 6. The molecule has 2 heterocycles. The van der Waals surface area contributed by atoms with Crippen molar-refractivity contribution in [2.45, 2.75) is 38.0 Å². The molecule has 0 amide bonds. The lowest BCUT2D eigenvalue weighted by molar-refractivity contribution is 0.0593. The summed E-state index contributed by atoms with van der Waals surface area (Å²) in [5.41, 5.74) is 1.72. The van der Waals surface area contributed by atoms with Crippen LogP contribution in [0.1, 0.15) is 60.0 Å². The van der Waals surface area contributed by atoms with Gasteiger partial charge >= 0.3 is 5.97 Å². The quantitative estimate of drug-likeness (QED) is 0.589. The van der Waals surface area contributed by atoms with Crippen LogP contribution in [0.15, 0.2) is 36.7 Å². The van der Waals surface area contributed by atoms with Crippen LogP contribution in [0.2, 0.25) is 0 Å². The van der Waals surface area contributed by atoms with Gasteiger partial charge in [0.15, 0.2) is 5.69 Å². The van der Waals surface area contributed by atoms with Gasteiger partial charge in [-0.1, -0.05) is 19.9 Å². The number of hydrogen-bond donors (Lipinski definition) is 0. The van der Waals surface area contributed by atoms with Gasteiger partial charge in [-0.05, 0) is 47.9 Å². The highest BCUT2D eigenvalue weighted by atomic mass is 19.1. The summed E-state index contributed by atoms with van der Waals surface area (Å²) in [4.78, 5) is 20.5. The van der Waals surface area contributed by atoms with Gasteiger partial charge in [0.25, 0.3) is 0 Å². The van der Waals surface area contributed by atoms with Crippen LogP contribution in [0.4, 0.5) is 8.78 Å². The fourth-order valence-electron chi connectivity index (χ4n) is 5.52. The minimum atomic E-state index is -0.671. The summed E-state index contributed by atoms with van der Waals surface area (Å²) in [6.45, 7) is 4.29. The van der Waals surface area contributed by atoms with E-state index in [4.69, 9.17) is 4.74 Å². The van der Waals surface area contributed by atoms with Gasteiger partial charge in [0.2, 0.25) is 0 Å². The van der Waals surface area contributed by atoms with E-state index >= 15 is 0 Å². The number of carbonyl (C=O) groups excluding carboxylic acids is 1. The molecule has 0 aliphatic heterocycles. The SMILES string of the molecule is COC(=O)c1cnc([C@@]23CC[C@@H](c4cc(-c5c(F)cccc5F)nnc42)C3(C)C)cn1. The average Bonchev–Trinajstić information content (AvgIpc) is 3.14. The van der Waals surface area contributed by atoms with Crippen LogP contribution >= 0.6 is 0 Å². The van der Waals surface area contributed by atoms with Crippen molar-refractivity contribution in [1.82, 2.24) is 20.2 Å². The zero-order valence-electron chi connectivity index (χ0n) is 17.3. The largest absolute Gasteiger partial charge is 0.464 e. The van der Waals surface area contributed by atoms with Crippen molar-refractivity contribution < 1.29 is 18.3 Å². The van der Waals surface area contributed by atoms with Crippen molar-refractivity contribution >= 4 is 5.97 Å². The normalized spacial score (nSPS) is 22.9. The molecule has 2 aromatic heterocycles. The summed E-state index contributed by atoms with van der Waals surface area (Å²) >= 11 is 0. The van der Waals surface area contributed by atoms with Crippen molar-refractivity contribution in [2.75, 3.05) is 7.11 Å². The molecule has 0 saturated heterocycles. The molecular weight excluding hydrogens is 402 g/mol. The Morgan fingerprint density at radius 3 is 2.52 bits per heavy atom. The predicted molar refractivity (Wildman–Crippen MR) is 107 cm³/mol. The maximum absolute atomic E-state index is 14.3. The van der Waals surface area contributed by atoms with Gasteiger partial charge in [-0.15, -0.1) is 5.10 Å². The topological polar surface area (TPSA) is 77.9 Å². The minimum Gasteiger partial charge on any atom is -0.464 e. The summed E-state index contributed by atoms with van der Waals surface area (Å²) in [6.07, 6.45) is 4.68. The zero-order chi connectivity index (χ0) is 22.0. The number of aromatic nitrogens is 4. The third-order valence-corrected chi connectivity index (χ3v) is 7.08. The molecule has 1 saturated carbocycles. The summed E-state index contributed by atoms with van der Waals surface area (Å²) in [5.74, 6) is -1.76. The fraction of sp³-hybridized carbons (Fsp3) is 0.348. The standard InChI is InChI=1S/C23H20F2N4O2/c1-22(2)13-7-8-23(22,18-11-26-17(10-27-18)21(30)31-3)20-12(13)9-16(28-29-20)19-14(24)5-4-6-15(19)25/h4-6,9-11,13H,7-8H2,1-3H3/t13-,23-/m0/s1. The van der Waals surface area contributed by atoms with Gasteiger partial charge in [-0.25, -0.2) is 18.6 Å². The van der Waals surface area contributed by atoms with Gasteiger partial charge in [0, 0.05) is 0 Å². The lowest BCUT2D eigenvalue weighted by Gasteiger charge is -2.37. The number of carbonyl (C=O) groups is 1. The molecule has 5 rings (SSSR count). The van der Waals surface area contributed by atoms with Crippen molar-refractivity contribution in [1.29, 1.82) is 0 Å². The number of nitrogens with zero attached hydrogens (tertiary/aromatic N) is 4. The van der Waals surface area contributed by atoms with Crippen molar-refractivity contribution in [2.24, 2.45) is 5.41 Å². The zero-order valence-corrected chi connectivity index (χ0v) is 17.3. The maximum atomic E-state index is 14.3. The Kier molecular flexibility index (Phi) is 4.19. The average molecular weight is 422 g/mol. The molecule has 1 fully saturated rings. The number of halogens is 2. The highest BCUT2D eigenvalue weighted by Gasteiger charge is 2.65. The Morgan fingerprint density at radius 2 is 1.87 bits per heavy atom. The molecular formula is C23H20F2N4O2. The molecule has 0 spiro atoms. The molecule has 0 radical (unpaired) electrons. The van der Waals surface area contributed by atoms with E-state index in [0.717, 1.165) is 24.1 Å². The van der Waals surface area contributed by atoms with Gasteiger partial charge in [0.05, 0.1) is 47.6 Å². The molecule has 158 valence electrons. The van der Waals surface area contributed by atoms with Crippen LogP contribution in [-0.4, -0.2) is 33.2 Å². The molecule has 1 aromatic carbocycles. The third-order valence-electron chi connectivity index (χ3n) is 7.08. The van der Waals surface area contributed by atoms with Crippen LogP contribution in [0, 0.1) is 17.0 Å². The molecule has 0 N–H and O–H groups in total. The number of esters is 1. The smallest absolute Gasteiger partial charge is 0.358 e. The Bertz CT molecular complexity index is 1190. The number of methoxy groups -OCH3 is 1. The first-order chi connectivity index (χ1) is 14.8. The van der Waals surface area contributed by atoms with E-state index < -0.39 is 23.0 Å². The molecule has 2 aliphatic rings. The van der Waals surface area contributed by atoms with E-state index in [1.807, 2.05) is 0 Å². The lowest BCUT2D eigenvalue weighted by atomic mass is 9.66. The van der Waals surface area contributed by atoms with Crippen molar-refractivity contribution in [3.8, 4) is 11.3 Å². The first kappa shape index (κ1) is 19.7. The molecule has 8 heteroatoms. The van der Waals surface area contributed by atoms with Crippen molar-refractivity contribution in [3.05, 3.63) is 70.9 Å². The Labute approximate surface area is 177 Å². The van der Waals surface area contributed by atoms with E-state index in [0.29, 0.717) is 5.69 Å². The van der Waals surface area contributed by atoms with E-state index in [1.165, 1.54) is 31.5 Å². The van der Waals surface area contributed by atoms with E-state index in [9.17, 15) is 13.6 Å². The molecule has 2 bridgehead atoms. The number of ether oxygens (including phenoxy) is 1. The highest BCUT2D eigenvalue weighted by Crippen LogP contribution is 2.69. The van der Waals surface area contributed by atoms with E-state index in [-0.39, 0.29) is 28.3 Å². The lowest BCUT2D eigenvalue weighted by Crippen LogP contribution is -2.38. The van der Waals surface area contributed by atoms with E-state index in [1.54, 1.807) is 12.3 Å². The van der Waals surface area contributed by atoms with Crippen LogP contribution in [0.25, 0.3) is 11.3 Å². The first-order valence-electron chi connectivity index (χ1n) is 10.0. The summed E-state index contributed by atoms with van der Waals surface area (Å²) in [5, 5.41) is 8.68. The van der Waals surface area contributed by atoms with Gasteiger partial charge in [-0.3, -0.25) is 4.98 Å². The molecule has 2 aliphatic carbocycles. The predicted octanol–water partition coefficient (Wildman–Crippen LogP) is 4.20. The third kappa shape index (κ3) is 2.50. The van der Waals surface area contributed by atoms with Gasteiger partial charge < -0.3 is 4.74 Å². The summed E-state index contributed by atoms with van der Waals surface area (Å²) in [7, 11) is 1.29. The number of rotatable bonds is 3. The van der Waals surface area contributed by atoms with E-state index in [2.05, 4.69) is 34.0 Å². The Hall–Kier alpha value is -3.29. The van der Waals surface area contributed by atoms with Crippen LogP contribution in [0.5, 0.6) is 0 Å². The fourth-order valence-corrected chi connectivity index (χ4v) is 5.52. The van der Waals surface area contributed by atoms with Crippen molar-refractivity contribution in [3.63, 3.8) is 0 Å². The molecule has 31 heavy (non-hydrogen) atoms. The highest BCUT2D eigenvalue weighted by molar-refractivity contribution is 5.86. The first-order valence-corrected chi connectivity index (χ1v) is 10.0.